The largest absolute Gasteiger partial charge is 0.416 e. The number of aromatic nitrogens is 3. The molecule has 23 heteroatoms. The SMILES string of the molecule is CC(=O)N[C@@H]1C[C@H](NC(C)(C)C)CC[C@@H]1N1CC[C@H](Nc2nc(NC3CCN(C(=O)C4CCC(NC(=O)CCCOC5CCC(OCCNC(=O)[C@H]6CC(=O)N(C)[C@@H]6c6cccnc6)CC5)CC4)CC3)nc3ccc(C(F)(F)F)cc23)C1=O. The topological polar surface area (TPSA) is 241 Å². The summed E-state index contributed by atoms with van der Waals surface area (Å²) >= 11 is 0. The lowest BCUT2D eigenvalue weighted by atomic mass is 9.84. The molecule has 3 saturated carbocycles. The van der Waals surface area contributed by atoms with Gasteiger partial charge in [0.25, 0.3) is 0 Å². The van der Waals surface area contributed by atoms with E-state index in [4.69, 9.17) is 14.5 Å². The van der Waals surface area contributed by atoms with Crippen molar-refractivity contribution >= 4 is 58.1 Å². The number of amides is 6. The standard InChI is InChI=1S/C60H85F3N12O8/c1-36(76)66-49-33-42(72-59(2,3)4)15-21-50(49)75-29-24-48(57(75)81)69-54-45-32-39(60(61,62)63)12-20-47(45)70-58(71-54)68-41-22-27-74(28-23-41)56(80)37-10-13-40(14-11-37)67-51(77)9-7-30-82-43-16-18-44(19-17-43)83-31-26-65-55(79)46-34-52(78)73(5)53(46)38-8-6-25-64-35-38/h6,8,12,20,25,32,35,37,40-44,46,48-50,53,72H,7,9-11,13-19,21-24,26-31,33-34H2,1-5H3,(H,65,79)(H,66,76)(H,67,77)(H2,68,69,70,71)/t37?,40?,42-,43?,44?,46+,48+,49-,50+,53-/m1/s1. The minimum Gasteiger partial charge on any atom is -0.378 e. The van der Waals surface area contributed by atoms with Crippen molar-refractivity contribution in [3.63, 3.8) is 0 Å². The van der Waals surface area contributed by atoms with Crippen LogP contribution in [-0.2, 0) is 44.4 Å². The number of hydrogen-bond donors (Lipinski definition) is 6. The number of rotatable bonds is 20. The van der Waals surface area contributed by atoms with Crippen LogP contribution in [0.25, 0.3) is 10.9 Å². The zero-order valence-electron chi connectivity index (χ0n) is 48.7. The minimum absolute atomic E-state index is 0.0130. The zero-order chi connectivity index (χ0) is 59.0. The molecule has 83 heavy (non-hydrogen) atoms. The number of benzene rings is 1. The lowest BCUT2D eigenvalue weighted by Gasteiger charge is -2.43. The van der Waals surface area contributed by atoms with Gasteiger partial charge in [0, 0.05) is 107 Å². The predicted molar refractivity (Wildman–Crippen MR) is 305 cm³/mol. The Kier molecular flexibility index (Phi) is 20.1. The molecule has 0 spiro atoms. The lowest BCUT2D eigenvalue weighted by molar-refractivity contribution is -0.138. The molecule has 3 aliphatic carbocycles. The highest BCUT2D eigenvalue weighted by atomic mass is 19.4. The molecule has 3 aromatic rings. The van der Waals surface area contributed by atoms with Crippen molar-refractivity contribution in [2.75, 3.05) is 57.1 Å². The van der Waals surface area contributed by atoms with Crippen LogP contribution in [0.4, 0.5) is 24.9 Å². The normalized spacial score (nSPS) is 27.4. The predicted octanol–water partition coefficient (Wildman–Crippen LogP) is 6.41. The van der Waals surface area contributed by atoms with Crippen molar-refractivity contribution in [2.45, 2.75) is 203 Å². The molecule has 2 aromatic heterocycles. The van der Waals surface area contributed by atoms with Gasteiger partial charge in [-0.15, -0.1) is 0 Å². The smallest absolute Gasteiger partial charge is 0.378 e. The number of alkyl halides is 3. The average Bonchev–Trinajstić information content (AvgIpc) is 4.23. The summed E-state index contributed by atoms with van der Waals surface area (Å²) in [5.74, 6) is -0.792. The van der Waals surface area contributed by atoms with Crippen molar-refractivity contribution < 1.29 is 51.4 Å². The van der Waals surface area contributed by atoms with Crippen LogP contribution in [0.1, 0.15) is 154 Å². The second-order valence-electron chi connectivity index (χ2n) is 24.9. The van der Waals surface area contributed by atoms with Crippen LogP contribution in [0.3, 0.4) is 0 Å². The molecule has 1 aromatic carbocycles. The summed E-state index contributed by atoms with van der Waals surface area (Å²) in [4.78, 5) is 97.7. The van der Waals surface area contributed by atoms with Gasteiger partial charge in [-0.3, -0.25) is 33.8 Å². The van der Waals surface area contributed by atoms with E-state index < -0.39 is 23.7 Å². The Morgan fingerprint density at radius 1 is 0.783 bits per heavy atom. The van der Waals surface area contributed by atoms with E-state index >= 15 is 0 Å². The molecule has 454 valence electrons. The van der Waals surface area contributed by atoms with Gasteiger partial charge >= 0.3 is 6.18 Å². The molecule has 9 rings (SSSR count). The number of carbonyl (C=O) groups is 6. The van der Waals surface area contributed by atoms with E-state index in [0.29, 0.717) is 97.2 Å². The number of nitrogens with zero attached hydrogens (tertiary/aromatic N) is 6. The number of anilines is 2. The van der Waals surface area contributed by atoms with Crippen LogP contribution in [-0.4, -0.2) is 166 Å². The van der Waals surface area contributed by atoms with Crippen LogP contribution in [0.15, 0.2) is 42.7 Å². The fourth-order valence-electron chi connectivity index (χ4n) is 13.5. The first-order valence-electron chi connectivity index (χ1n) is 30.2. The Morgan fingerprint density at radius 3 is 2.17 bits per heavy atom. The highest BCUT2D eigenvalue weighted by Crippen LogP contribution is 2.38. The number of fused-ring (bicyclic) bond motifs is 1. The number of carbonyl (C=O) groups excluding carboxylic acids is 6. The van der Waals surface area contributed by atoms with E-state index in [1.165, 1.54) is 13.0 Å². The third-order valence-electron chi connectivity index (χ3n) is 17.6. The molecule has 0 bridgehead atoms. The van der Waals surface area contributed by atoms with E-state index in [0.717, 1.165) is 62.6 Å². The number of ether oxygens (including phenoxy) is 2. The summed E-state index contributed by atoms with van der Waals surface area (Å²) in [6.45, 7) is 10.4. The molecule has 3 aliphatic heterocycles. The second-order valence-corrected chi connectivity index (χ2v) is 24.9. The average molecular weight is 1160 g/mol. The minimum atomic E-state index is -4.61. The van der Waals surface area contributed by atoms with E-state index in [1.807, 2.05) is 11.0 Å². The highest BCUT2D eigenvalue weighted by Gasteiger charge is 2.45. The number of nitrogens with one attached hydrogen (secondary N) is 6. The van der Waals surface area contributed by atoms with Gasteiger partial charge in [0.05, 0.1) is 53.9 Å². The monoisotopic (exact) mass is 1160 g/mol. The zero-order valence-corrected chi connectivity index (χ0v) is 48.7. The summed E-state index contributed by atoms with van der Waals surface area (Å²) < 4.78 is 54.4. The number of likely N-dealkylation sites (tertiary alicyclic amines) is 3. The van der Waals surface area contributed by atoms with Gasteiger partial charge in [0.15, 0.2) is 0 Å². The third-order valence-corrected chi connectivity index (χ3v) is 17.6. The van der Waals surface area contributed by atoms with Crippen molar-refractivity contribution in [3.05, 3.63) is 53.9 Å². The molecule has 6 aliphatic rings. The van der Waals surface area contributed by atoms with E-state index in [-0.39, 0.29) is 124 Å². The Morgan fingerprint density at radius 2 is 1.49 bits per heavy atom. The molecule has 3 saturated heterocycles. The van der Waals surface area contributed by atoms with Crippen molar-refractivity contribution in [1.29, 1.82) is 0 Å². The molecular formula is C60H85F3N12O8. The van der Waals surface area contributed by atoms with Gasteiger partial charge in [0.2, 0.25) is 41.4 Å². The summed E-state index contributed by atoms with van der Waals surface area (Å²) in [7, 11) is 1.72. The summed E-state index contributed by atoms with van der Waals surface area (Å²) in [5, 5.41) is 19.6. The number of piperidine rings is 1. The summed E-state index contributed by atoms with van der Waals surface area (Å²) in [6, 6.07) is 5.47. The maximum absolute atomic E-state index is 14.2. The van der Waals surface area contributed by atoms with Crippen LogP contribution in [0, 0.1) is 11.8 Å². The molecular weight excluding hydrogens is 1070 g/mol. The molecule has 0 radical (unpaired) electrons. The van der Waals surface area contributed by atoms with Crippen LogP contribution in [0.2, 0.25) is 0 Å². The fourth-order valence-corrected chi connectivity index (χ4v) is 13.5. The fraction of sp³-hybridized carbons (Fsp3) is 0.683. The Balaban J connectivity index is 0.665. The molecule has 6 atom stereocenters. The van der Waals surface area contributed by atoms with E-state index in [9.17, 15) is 41.9 Å². The maximum Gasteiger partial charge on any atom is 0.416 e. The molecule has 20 nitrogen and oxygen atoms in total. The van der Waals surface area contributed by atoms with Gasteiger partial charge in [-0.2, -0.15) is 18.2 Å². The maximum atomic E-state index is 14.2. The van der Waals surface area contributed by atoms with Crippen LogP contribution in [0.5, 0.6) is 0 Å². The van der Waals surface area contributed by atoms with Crippen LogP contribution < -0.4 is 31.9 Å². The Hall–Kier alpha value is -6.20. The first-order chi connectivity index (χ1) is 39.6. The molecule has 6 N–H and O–H groups in total. The number of halogens is 3. The van der Waals surface area contributed by atoms with Gasteiger partial charge in [-0.25, -0.2) is 4.98 Å². The Bertz CT molecular complexity index is 2750. The van der Waals surface area contributed by atoms with Gasteiger partial charge in [-0.05, 0) is 147 Å². The van der Waals surface area contributed by atoms with E-state index in [1.54, 1.807) is 35.3 Å². The van der Waals surface area contributed by atoms with Crippen LogP contribution >= 0.6 is 0 Å². The van der Waals surface area contributed by atoms with Gasteiger partial charge in [0.1, 0.15) is 11.9 Å². The molecule has 6 fully saturated rings. The number of pyridine rings is 1. The Labute approximate surface area is 484 Å². The van der Waals surface area contributed by atoms with Gasteiger partial charge in [-0.1, -0.05) is 6.07 Å². The lowest BCUT2D eigenvalue weighted by Crippen LogP contribution is -2.59. The summed E-state index contributed by atoms with van der Waals surface area (Å²) in [6.07, 6.45) is 10.1. The molecule has 0 unspecified atom stereocenters. The first kappa shape index (κ1) is 61.4. The van der Waals surface area contributed by atoms with Crippen molar-refractivity contribution in [1.82, 2.24) is 50.9 Å². The summed E-state index contributed by atoms with van der Waals surface area (Å²) in [5.41, 5.74) is 0.139. The quantitative estimate of drug-likeness (QED) is 0.0671. The molecule has 5 heterocycles. The molecule has 6 amide bonds. The highest BCUT2D eigenvalue weighted by molar-refractivity contribution is 5.94. The van der Waals surface area contributed by atoms with Gasteiger partial charge < -0.3 is 56.1 Å². The second kappa shape index (κ2) is 27.2. The van der Waals surface area contributed by atoms with Crippen molar-refractivity contribution in [3.8, 4) is 0 Å². The third kappa shape index (κ3) is 16.2. The number of hydrogen-bond acceptors (Lipinski definition) is 14. The van der Waals surface area contributed by atoms with E-state index in [2.05, 4.69) is 62.6 Å². The van der Waals surface area contributed by atoms with Crippen molar-refractivity contribution in [2.24, 2.45) is 11.8 Å². The first-order valence-corrected chi connectivity index (χ1v) is 30.2.